The minimum atomic E-state index is -3.78. The van der Waals surface area contributed by atoms with E-state index in [9.17, 15) is 13.7 Å². The van der Waals surface area contributed by atoms with Gasteiger partial charge in [-0.3, -0.25) is 0 Å². The molecule has 3 heterocycles. The van der Waals surface area contributed by atoms with E-state index in [2.05, 4.69) is 20.9 Å². The Hall–Kier alpha value is -3.45. The molecule has 4 aromatic rings. The number of H-pyrrole nitrogens is 1. The predicted octanol–water partition coefficient (Wildman–Crippen LogP) is 4.17. The Morgan fingerprint density at radius 1 is 1.15 bits per heavy atom. The molecule has 0 amide bonds. The molecule has 1 atom stereocenters. The lowest BCUT2D eigenvalue weighted by molar-refractivity contribution is 0.319. The third-order valence-electron chi connectivity index (χ3n) is 6.00. The van der Waals surface area contributed by atoms with E-state index in [1.54, 1.807) is 64.6 Å². The molecule has 0 saturated carbocycles. The highest BCUT2D eigenvalue weighted by Gasteiger charge is 2.36. The summed E-state index contributed by atoms with van der Waals surface area (Å²) in [5.41, 5.74) is 3.18. The molecule has 0 fully saturated rings. The largest absolute Gasteiger partial charge is 0.364 e. The molecular formula is C25H23N5O2S2. The second-order valence-corrected chi connectivity index (χ2v) is 11.1. The lowest BCUT2D eigenvalue weighted by Gasteiger charge is -2.31. The highest BCUT2D eigenvalue weighted by Crippen LogP contribution is 2.34. The van der Waals surface area contributed by atoms with Gasteiger partial charge < -0.3 is 9.88 Å². The van der Waals surface area contributed by atoms with Crippen molar-refractivity contribution in [3.63, 3.8) is 0 Å². The Balaban J connectivity index is 1.62. The van der Waals surface area contributed by atoms with Crippen LogP contribution >= 0.6 is 11.3 Å². The standard InChI is InChI=1S/C25H23N5O2S2/c26-13-19-8-9-25-20(11-19)15-30(34(31,32)24-6-2-1-3-7-24)22(12-23-5-4-10-33-23)17-29(25)16-21-14-27-18-28-21/h1-11,14,18,22H,12,15-17H2,(H,27,28). The smallest absolute Gasteiger partial charge is 0.243 e. The first-order valence-electron chi connectivity index (χ1n) is 10.9. The van der Waals surface area contributed by atoms with Gasteiger partial charge in [0.05, 0.1) is 35.1 Å². The molecule has 0 saturated heterocycles. The summed E-state index contributed by atoms with van der Waals surface area (Å²) in [5.74, 6) is 0. The van der Waals surface area contributed by atoms with Crippen LogP contribution in [-0.2, 0) is 29.5 Å². The summed E-state index contributed by atoms with van der Waals surface area (Å²) in [6.07, 6.45) is 4.02. The molecule has 0 aliphatic carbocycles. The Bertz CT molecular complexity index is 1400. The number of hydrogen-bond acceptors (Lipinski definition) is 6. The lowest BCUT2D eigenvalue weighted by atomic mass is 10.1. The third-order valence-corrected chi connectivity index (χ3v) is 8.81. The van der Waals surface area contributed by atoms with Crippen LogP contribution in [0.4, 0.5) is 5.69 Å². The molecule has 9 heteroatoms. The zero-order chi connectivity index (χ0) is 23.5. The monoisotopic (exact) mass is 489 g/mol. The summed E-state index contributed by atoms with van der Waals surface area (Å²) in [7, 11) is -3.78. The Kier molecular flexibility index (Phi) is 6.20. The minimum Gasteiger partial charge on any atom is -0.364 e. The maximum Gasteiger partial charge on any atom is 0.243 e. The van der Waals surface area contributed by atoms with Crippen LogP contribution in [0.1, 0.15) is 21.7 Å². The maximum absolute atomic E-state index is 13.9. The number of anilines is 1. The summed E-state index contributed by atoms with van der Waals surface area (Å²) in [4.78, 5) is 10.9. The average molecular weight is 490 g/mol. The van der Waals surface area contributed by atoms with Crippen LogP contribution in [0.5, 0.6) is 0 Å². The van der Waals surface area contributed by atoms with Crippen LogP contribution in [0.25, 0.3) is 0 Å². The average Bonchev–Trinajstić information content (AvgIpc) is 3.54. The van der Waals surface area contributed by atoms with E-state index < -0.39 is 10.0 Å². The number of aromatic nitrogens is 2. The number of imidazole rings is 1. The molecule has 0 bridgehead atoms. The van der Waals surface area contributed by atoms with Crippen molar-refractivity contribution in [2.75, 3.05) is 11.4 Å². The van der Waals surface area contributed by atoms with Gasteiger partial charge in [0, 0.05) is 42.3 Å². The highest BCUT2D eigenvalue weighted by molar-refractivity contribution is 7.89. The molecule has 7 nitrogen and oxygen atoms in total. The second-order valence-electron chi connectivity index (χ2n) is 8.21. The Morgan fingerprint density at radius 2 is 2.00 bits per heavy atom. The first-order chi connectivity index (χ1) is 16.5. The fourth-order valence-corrected chi connectivity index (χ4v) is 6.79. The molecule has 34 heavy (non-hydrogen) atoms. The number of thiophene rings is 1. The number of fused-ring (bicyclic) bond motifs is 1. The topological polar surface area (TPSA) is 93.1 Å². The second kappa shape index (κ2) is 9.43. The molecule has 1 N–H and O–H groups in total. The number of nitriles is 1. The summed E-state index contributed by atoms with van der Waals surface area (Å²) in [5, 5.41) is 11.5. The Labute approximate surface area is 203 Å². The van der Waals surface area contributed by atoms with Gasteiger partial charge in [-0.2, -0.15) is 9.57 Å². The molecule has 2 aromatic heterocycles. The van der Waals surface area contributed by atoms with E-state index in [0.29, 0.717) is 25.1 Å². The van der Waals surface area contributed by atoms with Gasteiger partial charge in [0.2, 0.25) is 10.0 Å². The van der Waals surface area contributed by atoms with Gasteiger partial charge in [0.15, 0.2) is 0 Å². The van der Waals surface area contributed by atoms with Crippen LogP contribution in [0.15, 0.2) is 83.5 Å². The number of hydrogen-bond donors (Lipinski definition) is 1. The maximum atomic E-state index is 13.9. The van der Waals surface area contributed by atoms with E-state index in [1.807, 2.05) is 29.6 Å². The van der Waals surface area contributed by atoms with Gasteiger partial charge in [-0.1, -0.05) is 24.3 Å². The molecule has 2 aromatic carbocycles. The van der Waals surface area contributed by atoms with Crippen molar-refractivity contribution < 1.29 is 8.42 Å². The van der Waals surface area contributed by atoms with Gasteiger partial charge in [-0.25, -0.2) is 13.4 Å². The molecular weight excluding hydrogens is 466 g/mol. The molecule has 1 aliphatic heterocycles. The zero-order valence-corrected chi connectivity index (χ0v) is 20.0. The Morgan fingerprint density at radius 3 is 2.71 bits per heavy atom. The molecule has 172 valence electrons. The van der Waals surface area contributed by atoms with Crippen LogP contribution in [0, 0.1) is 11.3 Å². The van der Waals surface area contributed by atoms with Gasteiger partial charge in [0.25, 0.3) is 0 Å². The van der Waals surface area contributed by atoms with Crippen LogP contribution < -0.4 is 4.90 Å². The molecule has 1 aliphatic rings. The first-order valence-corrected chi connectivity index (χ1v) is 13.2. The van der Waals surface area contributed by atoms with Gasteiger partial charge >= 0.3 is 0 Å². The molecule has 5 rings (SSSR count). The fourth-order valence-electron chi connectivity index (χ4n) is 4.39. The summed E-state index contributed by atoms with van der Waals surface area (Å²) >= 11 is 1.63. The lowest BCUT2D eigenvalue weighted by Crippen LogP contribution is -2.45. The van der Waals surface area contributed by atoms with Crippen molar-refractivity contribution >= 4 is 27.0 Å². The van der Waals surface area contributed by atoms with Gasteiger partial charge in [-0.05, 0) is 47.3 Å². The van der Waals surface area contributed by atoms with Crippen LogP contribution in [-0.4, -0.2) is 35.3 Å². The summed E-state index contributed by atoms with van der Waals surface area (Å²) in [6, 6.07) is 20.0. The highest BCUT2D eigenvalue weighted by atomic mass is 32.2. The number of benzene rings is 2. The van der Waals surface area contributed by atoms with Gasteiger partial charge in [-0.15, -0.1) is 11.3 Å². The molecule has 0 spiro atoms. The zero-order valence-electron chi connectivity index (χ0n) is 18.3. The molecule has 0 radical (unpaired) electrons. The van der Waals surface area contributed by atoms with Crippen molar-refractivity contribution in [2.24, 2.45) is 0 Å². The van der Waals surface area contributed by atoms with E-state index in [0.717, 1.165) is 21.8 Å². The number of nitrogens with zero attached hydrogens (tertiary/aromatic N) is 4. The van der Waals surface area contributed by atoms with Crippen LogP contribution in [0.3, 0.4) is 0 Å². The van der Waals surface area contributed by atoms with Crippen molar-refractivity contribution in [1.82, 2.24) is 14.3 Å². The van der Waals surface area contributed by atoms with Gasteiger partial charge in [0.1, 0.15) is 0 Å². The van der Waals surface area contributed by atoms with E-state index >= 15 is 0 Å². The van der Waals surface area contributed by atoms with Crippen LogP contribution in [0.2, 0.25) is 0 Å². The van der Waals surface area contributed by atoms with Crippen molar-refractivity contribution in [1.29, 1.82) is 5.26 Å². The number of rotatable bonds is 6. The van der Waals surface area contributed by atoms with Crippen molar-refractivity contribution in [3.05, 3.63) is 100 Å². The van der Waals surface area contributed by atoms with Crippen molar-refractivity contribution in [2.45, 2.75) is 30.4 Å². The van der Waals surface area contributed by atoms with E-state index in [1.165, 1.54) is 0 Å². The summed E-state index contributed by atoms with van der Waals surface area (Å²) < 4.78 is 29.4. The van der Waals surface area contributed by atoms with E-state index in [4.69, 9.17) is 0 Å². The minimum absolute atomic E-state index is 0.192. The number of nitrogens with one attached hydrogen (secondary N) is 1. The number of sulfonamides is 1. The predicted molar refractivity (Wildman–Crippen MR) is 132 cm³/mol. The SMILES string of the molecule is N#Cc1ccc2c(c1)CN(S(=O)(=O)c1ccccc1)C(Cc1cccs1)CN2Cc1cnc[nH]1. The quantitative estimate of drug-likeness (QED) is 0.439. The molecule has 1 unspecified atom stereocenters. The normalized spacial score (nSPS) is 16.6. The van der Waals surface area contributed by atoms with Crippen molar-refractivity contribution in [3.8, 4) is 6.07 Å². The summed E-state index contributed by atoms with van der Waals surface area (Å²) in [6.45, 7) is 1.25. The van der Waals surface area contributed by atoms with E-state index in [-0.39, 0.29) is 17.5 Å². The first kappa shape index (κ1) is 22.3. The third kappa shape index (κ3) is 4.48. The fraction of sp³-hybridized carbons (Fsp3) is 0.200. The number of aromatic amines is 1.